The minimum Gasteiger partial charge on any atom is -0.487 e. The monoisotopic (exact) mass is 261 g/mol. The number of piperidine rings is 1. The smallest absolute Gasteiger partial charge is 0.156 e. The first-order valence-corrected chi connectivity index (χ1v) is 7.61. The highest BCUT2D eigenvalue weighted by Crippen LogP contribution is 2.24. The third-order valence-corrected chi connectivity index (χ3v) is 4.17. The van der Waals surface area contributed by atoms with Crippen molar-refractivity contribution in [1.82, 2.24) is 15.3 Å². The van der Waals surface area contributed by atoms with Crippen molar-refractivity contribution in [1.29, 1.82) is 0 Å². The molecule has 0 spiro atoms. The Bertz CT molecular complexity index is 381. The van der Waals surface area contributed by atoms with Crippen LogP contribution in [0, 0.1) is 0 Å². The first-order valence-electron chi connectivity index (χ1n) is 7.61. The van der Waals surface area contributed by atoms with E-state index in [1.54, 1.807) is 0 Å². The zero-order valence-corrected chi connectivity index (χ0v) is 11.5. The van der Waals surface area contributed by atoms with E-state index in [1.165, 1.54) is 44.9 Å². The van der Waals surface area contributed by atoms with Crippen LogP contribution in [0.3, 0.4) is 0 Å². The number of hydrogen-bond acceptors (Lipinski definition) is 4. The summed E-state index contributed by atoms with van der Waals surface area (Å²) in [7, 11) is 0. The molecular formula is C15H23N3O. The molecule has 0 aromatic carbocycles. The van der Waals surface area contributed by atoms with Crippen molar-refractivity contribution in [2.24, 2.45) is 0 Å². The SMILES string of the molecule is c1nc(C2CCCNC2)ncc1OC1CCCCC1. The second kappa shape index (κ2) is 6.33. The molecule has 4 heteroatoms. The van der Waals surface area contributed by atoms with Gasteiger partial charge in [0.05, 0.1) is 18.5 Å². The molecule has 1 aliphatic carbocycles. The predicted octanol–water partition coefficient (Wildman–Crippen LogP) is 2.66. The van der Waals surface area contributed by atoms with Crippen LogP contribution in [0.25, 0.3) is 0 Å². The maximum Gasteiger partial charge on any atom is 0.156 e. The molecule has 2 heterocycles. The van der Waals surface area contributed by atoms with Crippen LogP contribution >= 0.6 is 0 Å². The Labute approximate surface area is 115 Å². The number of nitrogens with zero attached hydrogens (tertiary/aromatic N) is 2. The molecule has 1 aromatic rings. The maximum atomic E-state index is 5.96. The summed E-state index contributed by atoms with van der Waals surface area (Å²) in [5.74, 6) is 2.26. The highest BCUT2D eigenvalue weighted by molar-refractivity contribution is 5.14. The van der Waals surface area contributed by atoms with Gasteiger partial charge in [0.1, 0.15) is 5.82 Å². The third-order valence-electron chi connectivity index (χ3n) is 4.17. The Morgan fingerprint density at radius 2 is 1.79 bits per heavy atom. The topological polar surface area (TPSA) is 47.0 Å². The summed E-state index contributed by atoms with van der Waals surface area (Å²) in [6.07, 6.45) is 12.8. The first-order chi connectivity index (χ1) is 9.42. The van der Waals surface area contributed by atoms with Gasteiger partial charge in [0, 0.05) is 12.5 Å². The van der Waals surface area contributed by atoms with E-state index in [2.05, 4.69) is 15.3 Å². The van der Waals surface area contributed by atoms with Crippen molar-refractivity contribution in [2.75, 3.05) is 13.1 Å². The molecule has 1 saturated heterocycles. The fourth-order valence-electron chi connectivity index (χ4n) is 3.05. The van der Waals surface area contributed by atoms with Crippen molar-refractivity contribution in [3.63, 3.8) is 0 Å². The number of aromatic nitrogens is 2. The molecule has 1 N–H and O–H groups in total. The van der Waals surface area contributed by atoms with Crippen molar-refractivity contribution >= 4 is 0 Å². The van der Waals surface area contributed by atoms with Crippen LogP contribution in [0.15, 0.2) is 12.4 Å². The molecule has 2 aliphatic rings. The van der Waals surface area contributed by atoms with E-state index in [1.807, 2.05) is 12.4 Å². The van der Waals surface area contributed by atoms with Crippen LogP contribution in [0.5, 0.6) is 5.75 Å². The molecule has 4 nitrogen and oxygen atoms in total. The van der Waals surface area contributed by atoms with Gasteiger partial charge < -0.3 is 10.1 Å². The van der Waals surface area contributed by atoms with E-state index in [-0.39, 0.29) is 0 Å². The zero-order chi connectivity index (χ0) is 12.9. The third kappa shape index (κ3) is 3.44. The fourth-order valence-corrected chi connectivity index (χ4v) is 3.05. The molecule has 3 rings (SSSR count). The summed E-state index contributed by atoms with van der Waals surface area (Å²) in [6.45, 7) is 2.13. The van der Waals surface area contributed by atoms with E-state index < -0.39 is 0 Å². The lowest BCUT2D eigenvalue weighted by Crippen LogP contribution is -2.29. The Morgan fingerprint density at radius 3 is 2.47 bits per heavy atom. The maximum absolute atomic E-state index is 5.96. The molecule has 1 aromatic heterocycles. The van der Waals surface area contributed by atoms with Crippen LogP contribution < -0.4 is 10.1 Å². The molecule has 0 amide bonds. The number of hydrogen-bond donors (Lipinski definition) is 1. The van der Waals surface area contributed by atoms with Crippen molar-refractivity contribution in [3.05, 3.63) is 18.2 Å². The molecule has 104 valence electrons. The van der Waals surface area contributed by atoms with Crippen LogP contribution in [-0.4, -0.2) is 29.2 Å². The Balaban J connectivity index is 1.58. The summed E-state index contributed by atoms with van der Waals surface area (Å²) in [6, 6.07) is 0. The van der Waals surface area contributed by atoms with Crippen molar-refractivity contribution in [2.45, 2.75) is 57.0 Å². The van der Waals surface area contributed by atoms with Crippen molar-refractivity contribution in [3.8, 4) is 5.75 Å². The lowest BCUT2D eigenvalue weighted by molar-refractivity contribution is 0.153. The summed E-state index contributed by atoms with van der Waals surface area (Å²) in [5.41, 5.74) is 0. The first kappa shape index (κ1) is 12.9. The van der Waals surface area contributed by atoms with Crippen LogP contribution in [0.1, 0.15) is 56.7 Å². The second-order valence-electron chi connectivity index (χ2n) is 5.70. The Kier molecular flexibility index (Phi) is 4.28. The quantitative estimate of drug-likeness (QED) is 0.908. The largest absolute Gasteiger partial charge is 0.487 e. The zero-order valence-electron chi connectivity index (χ0n) is 11.5. The van der Waals surface area contributed by atoms with E-state index in [0.29, 0.717) is 12.0 Å². The van der Waals surface area contributed by atoms with Gasteiger partial charge >= 0.3 is 0 Å². The van der Waals surface area contributed by atoms with Gasteiger partial charge in [-0.2, -0.15) is 0 Å². The van der Waals surface area contributed by atoms with E-state index in [0.717, 1.165) is 24.7 Å². The fraction of sp³-hybridized carbons (Fsp3) is 0.733. The predicted molar refractivity (Wildman–Crippen MR) is 74.4 cm³/mol. The standard InChI is InChI=1S/C15H23N3O/c1-2-6-13(7-3-1)19-14-10-17-15(18-11-14)12-5-4-8-16-9-12/h10-13,16H,1-9H2. The van der Waals surface area contributed by atoms with E-state index in [9.17, 15) is 0 Å². The van der Waals surface area contributed by atoms with E-state index >= 15 is 0 Å². The highest BCUT2D eigenvalue weighted by Gasteiger charge is 2.18. The van der Waals surface area contributed by atoms with Gasteiger partial charge in [-0.15, -0.1) is 0 Å². The molecular weight excluding hydrogens is 238 g/mol. The van der Waals surface area contributed by atoms with Crippen LogP contribution in [0.4, 0.5) is 0 Å². The van der Waals surface area contributed by atoms with Gasteiger partial charge in [-0.05, 0) is 45.1 Å². The average Bonchev–Trinajstić information content (AvgIpc) is 2.50. The lowest BCUT2D eigenvalue weighted by atomic mass is 9.98. The van der Waals surface area contributed by atoms with Gasteiger partial charge in [-0.3, -0.25) is 0 Å². The van der Waals surface area contributed by atoms with Gasteiger partial charge in [-0.1, -0.05) is 6.42 Å². The number of nitrogens with one attached hydrogen (secondary N) is 1. The Hall–Kier alpha value is -1.16. The second-order valence-corrected chi connectivity index (χ2v) is 5.70. The van der Waals surface area contributed by atoms with Crippen LogP contribution in [0.2, 0.25) is 0 Å². The summed E-state index contributed by atoms with van der Waals surface area (Å²) >= 11 is 0. The van der Waals surface area contributed by atoms with Crippen LogP contribution in [-0.2, 0) is 0 Å². The normalized spacial score (nSPS) is 25.2. The van der Waals surface area contributed by atoms with E-state index in [4.69, 9.17) is 4.74 Å². The summed E-state index contributed by atoms with van der Waals surface area (Å²) < 4.78 is 5.96. The van der Waals surface area contributed by atoms with Gasteiger partial charge in [0.15, 0.2) is 5.75 Å². The summed E-state index contributed by atoms with van der Waals surface area (Å²) in [5, 5.41) is 3.40. The minimum atomic E-state index is 0.375. The molecule has 0 radical (unpaired) electrons. The molecule has 1 saturated carbocycles. The average molecular weight is 261 g/mol. The molecule has 1 atom stereocenters. The molecule has 2 fully saturated rings. The minimum absolute atomic E-state index is 0.375. The molecule has 19 heavy (non-hydrogen) atoms. The number of rotatable bonds is 3. The Morgan fingerprint density at radius 1 is 1.00 bits per heavy atom. The molecule has 0 bridgehead atoms. The molecule has 1 unspecified atom stereocenters. The summed E-state index contributed by atoms with van der Waals surface area (Å²) in [4.78, 5) is 8.98. The van der Waals surface area contributed by atoms with Gasteiger partial charge in [0.2, 0.25) is 0 Å². The highest BCUT2D eigenvalue weighted by atomic mass is 16.5. The lowest BCUT2D eigenvalue weighted by Gasteiger charge is -2.23. The number of ether oxygens (including phenoxy) is 1. The molecule has 1 aliphatic heterocycles. The van der Waals surface area contributed by atoms with Crippen molar-refractivity contribution < 1.29 is 4.74 Å². The van der Waals surface area contributed by atoms with Gasteiger partial charge in [-0.25, -0.2) is 9.97 Å². The van der Waals surface area contributed by atoms with Gasteiger partial charge in [0.25, 0.3) is 0 Å².